The number of aliphatic hydroxyl groups is 6. The van der Waals surface area contributed by atoms with Crippen LogP contribution in [-0.2, 0) is 52.6 Å². The van der Waals surface area contributed by atoms with E-state index in [1.807, 2.05) is 13.8 Å². The van der Waals surface area contributed by atoms with E-state index in [0.717, 1.165) is 66.7 Å². The lowest BCUT2D eigenvalue weighted by atomic mass is 9.86. The number of rotatable bonds is 13. The molecule has 0 aromatic heterocycles. The smallest absolute Gasteiger partial charge is 0.330 e. The fourth-order valence-corrected chi connectivity index (χ4v) is 12.9. The Morgan fingerprint density at radius 1 is 0.713 bits per heavy atom. The zero-order valence-electron chi connectivity index (χ0n) is 54.3. The summed E-state index contributed by atoms with van der Waals surface area (Å²) in [6.45, 7) is 5.66. The highest BCUT2D eigenvalue weighted by atomic mass is 35.5. The van der Waals surface area contributed by atoms with Gasteiger partial charge in [-0.3, -0.25) is 33.6 Å². The molecule has 6 unspecified atom stereocenters. The molecular weight excluding hydrogens is 1370 g/mol. The molecule has 5 aromatic carbocycles. The topological polar surface area (TPSA) is 530 Å². The number of aliphatic carboxylic acids is 1. The van der Waals surface area contributed by atoms with Gasteiger partial charge in [0.15, 0.2) is 29.9 Å². The average molecular weight is 1450 g/mol. The molecule has 0 radical (unpaired) electrons. The van der Waals surface area contributed by atoms with Crippen LogP contribution in [0.3, 0.4) is 0 Å². The molecule has 0 aliphatic carbocycles. The third-order valence-corrected chi connectivity index (χ3v) is 18.4. The number of benzene rings is 5. The molecule has 7 aliphatic rings. The van der Waals surface area contributed by atoms with E-state index in [-0.39, 0.29) is 46.2 Å². The van der Waals surface area contributed by atoms with Gasteiger partial charge in [-0.25, -0.2) is 4.79 Å². The molecule has 101 heavy (non-hydrogen) atoms. The van der Waals surface area contributed by atoms with E-state index in [1.165, 1.54) is 33.0 Å². The Kier molecular flexibility index (Phi) is 22.2. The normalized spacial score (nSPS) is 29.4. The maximum Gasteiger partial charge on any atom is 0.330 e. The summed E-state index contributed by atoms with van der Waals surface area (Å²) in [5.41, 5.74) is 8.00. The second-order valence-electron chi connectivity index (χ2n) is 25.7. The molecule has 33 nitrogen and oxygen atoms in total. The van der Waals surface area contributed by atoms with Gasteiger partial charge >= 0.3 is 5.97 Å². The van der Waals surface area contributed by atoms with Crippen molar-refractivity contribution in [1.29, 1.82) is 0 Å². The maximum absolute atomic E-state index is 16.0. The van der Waals surface area contributed by atoms with Crippen LogP contribution >= 0.6 is 23.2 Å². The van der Waals surface area contributed by atoms with Crippen molar-refractivity contribution in [3.63, 3.8) is 0 Å². The first kappa shape index (κ1) is 74.5. The van der Waals surface area contributed by atoms with Gasteiger partial charge in [-0.1, -0.05) is 55.2 Å². The number of carbonyl (C=O) groups is 8. The summed E-state index contributed by atoms with van der Waals surface area (Å²) in [5.74, 6) is -16.0. The number of fused-ring (bicyclic) bond motifs is 15. The number of hydrogen-bond acceptors (Lipinski definition) is 25. The van der Waals surface area contributed by atoms with Gasteiger partial charge in [-0.15, -0.1) is 0 Å². The number of likely N-dealkylation sites (N-methyl/N-ethyl adjacent to an activating group) is 1. The second kappa shape index (κ2) is 30.2. The average Bonchev–Trinajstić information content (AvgIpc) is 0.775. The Labute approximate surface area is 584 Å². The van der Waals surface area contributed by atoms with Gasteiger partial charge in [-0.05, 0) is 110 Å². The Balaban J connectivity index is 1.24. The molecule has 0 saturated carbocycles. The van der Waals surface area contributed by atoms with Gasteiger partial charge in [0.2, 0.25) is 53.4 Å². The minimum atomic E-state index is -2.35. The lowest BCUT2D eigenvalue weighted by Crippen LogP contribution is -2.64. The number of aromatic hydroxyl groups is 3. The summed E-state index contributed by atoms with van der Waals surface area (Å²) in [6, 6.07) is -0.679. The lowest BCUT2D eigenvalue weighted by molar-refractivity contribution is -0.333. The summed E-state index contributed by atoms with van der Waals surface area (Å²) in [7, 11) is 1.47. The fraction of sp³-hybridized carbons (Fsp3) is 0.424. The van der Waals surface area contributed by atoms with Crippen molar-refractivity contribution in [2.75, 3.05) is 13.7 Å². The number of hydrogen-bond donors (Lipinski definition) is 19. The molecule has 542 valence electrons. The van der Waals surface area contributed by atoms with E-state index in [4.69, 9.17) is 63.1 Å². The van der Waals surface area contributed by atoms with E-state index in [0.29, 0.717) is 0 Å². The highest BCUT2D eigenvalue weighted by Crippen LogP contribution is 2.50. The molecule has 7 aliphatic heterocycles. The summed E-state index contributed by atoms with van der Waals surface area (Å²) in [4.78, 5) is 117. The largest absolute Gasteiger partial charge is 0.508 e. The van der Waals surface area contributed by atoms with Crippen LogP contribution in [0.15, 0.2) is 78.9 Å². The number of aliphatic hydroxyl groups excluding tert-OH is 6. The van der Waals surface area contributed by atoms with Crippen LogP contribution in [0.4, 0.5) is 0 Å². The number of halogens is 2. The molecule has 35 heteroatoms. The van der Waals surface area contributed by atoms with Gasteiger partial charge in [0.05, 0.1) is 41.3 Å². The summed E-state index contributed by atoms with van der Waals surface area (Å²) < 4.78 is 38.3. The molecule has 5 aromatic rings. The Morgan fingerprint density at radius 2 is 1.32 bits per heavy atom. The number of primary amides is 1. The first-order valence-electron chi connectivity index (χ1n) is 31.6. The van der Waals surface area contributed by atoms with Gasteiger partial charge in [0, 0.05) is 34.7 Å². The molecule has 12 rings (SSSR count). The van der Waals surface area contributed by atoms with E-state index in [9.17, 15) is 75.0 Å². The predicted octanol–water partition coefficient (Wildman–Crippen LogP) is 0.106. The Morgan fingerprint density at radius 3 is 1.90 bits per heavy atom. The van der Waals surface area contributed by atoms with E-state index < -0.39 is 237 Å². The SMILES string of the molecule is CN[C@H](CC(C)C)C(=O)N[C@@H]1C(=O)N[C@@H](CC(N)=O)C(=O)N[C@H]2C(=O)N[C@H]3C(=O)N[C@@H](C(=O)N[C@H](C(=O)O)c4cc(O)cc(O)c4-c4cc3ccc4O)[C@H](O)c3ccc(c(Cl)c3)Oc3cc2cc(c3O[C@H]2OC(CO)[C@@H](O)C(O)[C@@H]2OC2CC(C)(N)C(O)C(C)O2)Oc2ccc(cc2Cl)[C@H]1O. The van der Waals surface area contributed by atoms with Crippen molar-refractivity contribution in [2.45, 2.75) is 156 Å². The third-order valence-electron chi connectivity index (χ3n) is 17.8. The first-order chi connectivity index (χ1) is 47.7. The highest BCUT2D eigenvalue weighted by Gasteiger charge is 2.51. The molecule has 2 fully saturated rings. The highest BCUT2D eigenvalue weighted by molar-refractivity contribution is 6.32. The van der Waals surface area contributed by atoms with Crippen LogP contribution in [0, 0.1) is 5.92 Å². The van der Waals surface area contributed by atoms with E-state index >= 15 is 14.4 Å². The molecule has 21 N–H and O–H groups in total. The molecule has 7 amide bonds. The molecular formula is C66H75Cl2N9O24. The number of phenolic OH excluding ortho intramolecular Hbond substituents is 3. The van der Waals surface area contributed by atoms with Crippen LogP contribution in [0.2, 0.25) is 10.0 Å². The molecule has 11 bridgehead atoms. The molecule has 0 spiro atoms. The number of carboxylic acids is 1. The molecule has 18 atom stereocenters. The van der Waals surface area contributed by atoms with Crippen molar-refractivity contribution >= 4 is 70.5 Å². The fourth-order valence-electron chi connectivity index (χ4n) is 12.5. The number of nitrogens with one attached hydrogen (secondary N) is 7. The second-order valence-corrected chi connectivity index (χ2v) is 26.5. The minimum absolute atomic E-state index is 0.0975. The van der Waals surface area contributed by atoms with Gasteiger partial charge in [0.1, 0.15) is 89.5 Å². The van der Waals surface area contributed by atoms with Crippen LogP contribution in [-0.4, -0.2) is 191 Å². The van der Waals surface area contributed by atoms with Crippen LogP contribution in [0.25, 0.3) is 11.1 Å². The zero-order chi connectivity index (χ0) is 73.5. The van der Waals surface area contributed by atoms with Crippen molar-refractivity contribution in [2.24, 2.45) is 17.4 Å². The molecule has 7 heterocycles. The summed E-state index contributed by atoms with van der Waals surface area (Å²) in [6.07, 6.45) is -18.6. The molecule has 2 saturated heterocycles. The minimum Gasteiger partial charge on any atom is -0.508 e. The standard InChI is InChI=1S/C66H75Cl2N9O24/c1-23(2)12-34(71-5)58(88)76-49-51(83)26-7-10-38(32(67)14-26)97-40-16-28-17-41(55(40)101-65-56(54(86)53(85)42(22-78)99-65)100-44-21-66(4,70)57(87)24(3)96-44)98-39-11-8-27(15-33(39)68)52(84)50-63(93)75-48(64(94)95)31-18-29(79)19-37(81)45(31)30-13-25(6-9-36(30)80)46(60(90)77-50)74-61(91)47(28)73-59(89)35(20-43(69)82)72-62(49)92/h6-11,13-19,23-24,34-35,42,44,46-54,56-57,65,71,78-81,83-87H,12,20-22,70H2,1-5H3,(H2,69,82)(H,72,92)(H,73,89)(H,74,91)(H,75,93)(H,76,88)(H,77,90)(H,94,95)/t24?,34-,35+,42?,44?,46-,47-,48+,49+,50-,51-,52-,53-,54?,56+,57?,65-,66?/m1/s1. The Bertz CT molecular complexity index is 4070. The Hall–Kier alpha value is -9.20. The number of carbonyl (C=O) groups excluding carboxylic acids is 7. The first-order valence-corrected chi connectivity index (χ1v) is 32.4. The van der Waals surface area contributed by atoms with Crippen molar-refractivity contribution in [3.05, 3.63) is 117 Å². The van der Waals surface area contributed by atoms with E-state index in [1.54, 1.807) is 0 Å². The monoisotopic (exact) mass is 1450 g/mol. The van der Waals surface area contributed by atoms with Gasteiger partial charge in [0.25, 0.3) is 0 Å². The quantitative estimate of drug-likeness (QED) is 0.0743. The van der Waals surface area contributed by atoms with Gasteiger partial charge in [-0.2, -0.15) is 0 Å². The van der Waals surface area contributed by atoms with Crippen molar-refractivity contribution in [3.8, 4) is 57.1 Å². The number of nitrogens with two attached hydrogens (primary N) is 2. The number of phenols is 3. The summed E-state index contributed by atoms with van der Waals surface area (Å²) >= 11 is 14.1. The number of carboxylic acid groups (broad SMARTS) is 1. The third kappa shape index (κ3) is 15.8. The lowest BCUT2D eigenvalue weighted by Gasteiger charge is -2.47. The maximum atomic E-state index is 16.0. The zero-order valence-corrected chi connectivity index (χ0v) is 55.8. The summed E-state index contributed by atoms with van der Waals surface area (Å²) in [5, 5.41) is 131. The predicted molar refractivity (Wildman–Crippen MR) is 349 cm³/mol. The van der Waals surface area contributed by atoms with Crippen molar-refractivity contribution < 1.29 is 118 Å². The van der Waals surface area contributed by atoms with Crippen molar-refractivity contribution in [1.82, 2.24) is 37.2 Å². The van der Waals surface area contributed by atoms with E-state index in [2.05, 4.69) is 37.2 Å². The van der Waals surface area contributed by atoms with Gasteiger partial charge < -0.3 is 128 Å². The van der Waals surface area contributed by atoms with Crippen LogP contribution < -0.4 is 62.9 Å². The number of amides is 7. The van der Waals surface area contributed by atoms with Crippen LogP contribution in [0.5, 0.6) is 46.0 Å². The van der Waals surface area contributed by atoms with Crippen LogP contribution in [0.1, 0.15) is 105 Å². The number of ether oxygens (including phenoxy) is 6.